The minimum absolute atomic E-state index is 0.165. The van der Waals surface area contributed by atoms with E-state index in [1.165, 1.54) is 23.1 Å². The van der Waals surface area contributed by atoms with E-state index in [0.717, 1.165) is 35.1 Å². The monoisotopic (exact) mass is 397 g/mol. The van der Waals surface area contributed by atoms with Crippen LogP contribution in [0, 0.1) is 18.3 Å². The van der Waals surface area contributed by atoms with Crippen LogP contribution >= 0.6 is 23.1 Å². The highest BCUT2D eigenvalue weighted by molar-refractivity contribution is 7.99. The number of nitrogens with one attached hydrogen (secondary N) is 1. The Labute approximate surface area is 166 Å². The maximum absolute atomic E-state index is 12.3. The minimum Gasteiger partial charge on any atom is -0.316 e. The summed E-state index contributed by atoms with van der Waals surface area (Å²) in [5.41, 5.74) is 2.66. The zero-order valence-corrected chi connectivity index (χ0v) is 16.7. The molecule has 1 N–H and O–H groups in total. The highest BCUT2D eigenvalue weighted by atomic mass is 32.2. The molecule has 2 aromatic heterocycles. The van der Waals surface area contributed by atoms with Gasteiger partial charge in [0.15, 0.2) is 11.0 Å². The van der Waals surface area contributed by atoms with E-state index in [0.29, 0.717) is 10.6 Å². The summed E-state index contributed by atoms with van der Waals surface area (Å²) in [6.45, 7) is 4.93. The molecule has 0 aliphatic carbocycles. The van der Waals surface area contributed by atoms with E-state index < -0.39 is 0 Å². The van der Waals surface area contributed by atoms with Crippen LogP contribution in [0.15, 0.2) is 40.9 Å². The molecule has 138 valence electrons. The second-order valence-electron chi connectivity index (χ2n) is 5.94. The van der Waals surface area contributed by atoms with E-state index in [4.69, 9.17) is 5.26 Å². The molecule has 0 bridgehead atoms. The Hall–Kier alpha value is -2.63. The van der Waals surface area contributed by atoms with Crippen molar-refractivity contribution in [3.05, 3.63) is 46.8 Å². The van der Waals surface area contributed by atoms with Gasteiger partial charge in [0.05, 0.1) is 11.3 Å². The highest BCUT2D eigenvalue weighted by Gasteiger charge is 2.16. The van der Waals surface area contributed by atoms with Crippen molar-refractivity contribution < 1.29 is 4.79 Å². The first kappa shape index (κ1) is 19.1. The number of nitriles is 1. The summed E-state index contributed by atoms with van der Waals surface area (Å²) in [6.07, 6.45) is 0.942. The molecule has 27 heavy (non-hydrogen) atoms. The van der Waals surface area contributed by atoms with Gasteiger partial charge in [0.25, 0.3) is 0 Å². The molecule has 0 saturated carbocycles. The number of amides is 1. The molecule has 6 nitrogen and oxygen atoms in total. The van der Waals surface area contributed by atoms with Crippen LogP contribution in [0.2, 0.25) is 0 Å². The van der Waals surface area contributed by atoms with Crippen molar-refractivity contribution >= 4 is 34.0 Å². The van der Waals surface area contributed by atoms with Crippen molar-refractivity contribution in [2.75, 3.05) is 11.1 Å². The van der Waals surface area contributed by atoms with E-state index in [1.54, 1.807) is 11.4 Å². The summed E-state index contributed by atoms with van der Waals surface area (Å²) in [6, 6.07) is 11.9. The van der Waals surface area contributed by atoms with E-state index in [2.05, 4.69) is 39.1 Å². The third-order valence-electron chi connectivity index (χ3n) is 3.81. The Bertz CT molecular complexity index is 986. The van der Waals surface area contributed by atoms with E-state index in [1.807, 2.05) is 25.1 Å². The van der Waals surface area contributed by atoms with Gasteiger partial charge in [-0.15, -0.1) is 21.5 Å². The van der Waals surface area contributed by atoms with Crippen molar-refractivity contribution in [1.29, 1.82) is 5.26 Å². The standard InChI is InChI=1S/C19H19N5OS2/c1-3-8-24-17(14-6-4-5-13(2)10-14)22-23-19(24)27-12-16(25)21-18-15(11-20)7-9-26-18/h4-7,9-10H,3,8,12H2,1-2H3,(H,21,25). The number of carbonyl (C=O) groups excluding carboxylic acids is 1. The predicted molar refractivity (Wildman–Crippen MR) is 109 cm³/mol. The number of aromatic nitrogens is 3. The van der Waals surface area contributed by atoms with Crippen molar-refractivity contribution in [3.8, 4) is 17.5 Å². The number of rotatable bonds is 7. The number of anilines is 1. The third kappa shape index (κ3) is 4.56. The number of nitrogens with zero attached hydrogens (tertiary/aromatic N) is 4. The average Bonchev–Trinajstić information content (AvgIpc) is 3.27. The zero-order chi connectivity index (χ0) is 19.2. The summed E-state index contributed by atoms with van der Waals surface area (Å²) in [4.78, 5) is 12.3. The number of benzene rings is 1. The molecule has 1 amide bonds. The lowest BCUT2D eigenvalue weighted by Crippen LogP contribution is -2.14. The molecular formula is C19H19N5OS2. The van der Waals surface area contributed by atoms with Gasteiger partial charge in [0, 0.05) is 12.1 Å². The van der Waals surface area contributed by atoms with Gasteiger partial charge in [0.1, 0.15) is 11.1 Å². The van der Waals surface area contributed by atoms with Gasteiger partial charge in [-0.05, 0) is 30.9 Å². The van der Waals surface area contributed by atoms with Crippen LogP contribution in [-0.2, 0) is 11.3 Å². The van der Waals surface area contributed by atoms with Crippen molar-refractivity contribution in [1.82, 2.24) is 14.8 Å². The normalized spacial score (nSPS) is 10.6. The summed E-state index contributed by atoms with van der Waals surface area (Å²) in [7, 11) is 0. The van der Waals surface area contributed by atoms with Crippen molar-refractivity contribution in [2.24, 2.45) is 0 Å². The minimum atomic E-state index is -0.165. The van der Waals surface area contributed by atoms with E-state index in [-0.39, 0.29) is 11.7 Å². The molecular weight excluding hydrogens is 378 g/mol. The fourth-order valence-electron chi connectivity index (χ4n) is 2.61. The molecule has 8 heteroatoms. The van der Waals surface area contributed by atoms with Crippen LogP contribution in [0.4, 0.5) is 5.00 Å². The Balaban J connectivity index is 1.73. The van der Waals surface area contributed by atoms with E-state index in [9.17, 15) is 4.79 Å². The summed E-state index contributed by atoms with van der Waals surface area (Å²) in [5.74, 6) is 0.855. The van der Waals surface area contributed by atoms with Crippen LogP contribution in [0.25, 0.3) is 11.4 Å². The molecule has 0 spiro atoms. The van der Waals surface area contributed by atoms with Crippen molar-refractivity contribution in [3.63, 3.8) is 0 Å². The lowest BCUT2D eigenvalue weighted by molar-refractivity contribution is -0.113. The smallest absolute Gasteiger partial charge is 0.235 e. The van der Waals surface area contributed by atoms with Gasteiger partial charge in [-0.1, -0.05) is 42.4 Å². The van der Waals surface area contributed by atoms with Crippen LogP contribution in [0.1, 0.15) is 24.5 Å². The fourth-order valence-corrected chi connectivity index (χ4v) is 4.12. The van der Waals surface area contributed by atoms with Gasteiger partial charge >= 0.3 is 0 Å². The molecule has 0 fully saturated rings. The lowest BCUT2D eigenvalue weighted by atomic mass is 10.1. The molecule has 3 rings (SSSR count). The van der Waals surface area contributed by atoms with E-state index >= 15 is 0 Å². The van der Waals surface area contributed by atoms with Gasteiger partial charge in [-0.3, -0.25) is 4.79 Å². The third-order valence-corrected chi connectivity index (χ3v) is 5.61. The number of hydrogen-bond acceptors (Lipinski definition) is 6. The molecule has 1 aromatic carbocycles. The average molecular weight is 398 g/mol. The fraction of sp³-hybridized carbons (Fsp3) is 0.263. The Morgan fingerprint density at radius 3 is 2.96 bits per heavy atom. The zero-order valence-electron chi connectivity index (χ0n) is 15.1. The Morgan fingerprint density at radius 2 is 2.22 bits per heavy atom. The van der Waals surface area contributed by atoms with Crippen LogP contribution in [0.3, 0.4) is 0 Å². The lowest BCUT2D eigenvalue weighted by Gasteiger charge is -2.09. The molecule has 0 atom stereocenters. The van der Waals surface area contributed by atoms with Gasteiger partial charge in [-0.2, -0.15) is 5.26 Å². The molecule has 0 radical (unpaired) electrons. The first-order valence-corrected chi connectivity index (χ1v) is 10.4. The Kier molecular flexibility index (Phi) is 6.27. The highest BCUT2D eigenvalue weighted by Crippen LogP contribution is 2.26. The SMILES string of the molecule is CCCn1c(SCC(=O)Nc2sccc2C#N)nnc1-c1cccc(C)c1. The summed E-state index contributed by atoms with van der Waals surface area (Å²) < 4.78 is 2.05. The number of thiophene rings is 1. The van der Waals surface area contributed by atoms with Gasteiger partial charge in [0.2, 0.25) is 5.91 Å². The summed E-state index contributed by atoms with van der Waals surface area (Å²) in [5, 5.41) is 23.5. The number of aryl methyl sites for hydroxylation is 1. The van der Waals surface area contributed by atoms with Crippen LogP contribution < -0.4 is 5.32 Å². The molecule has 2 heterocycles. The number of hydrogen-bond donors (Lipinski definition) is 1. The second kappa shape index (κ2) is 8.84. The molecule has 0 unspecified atom stereocenters. The quantitative estimate of drug-likeness (QED) is 0.600. The number of thioether (sulfide) groups is 1. The van der Waals surface area contributed by atoms with Gasteiger partial charge in [-0.25, -0.2) is 0 Å². The molecule has 0 aliphatic heterocycles. The number of carbonyl (C=O) groups is 1. The topological polar surface area (TPSA) is 83.6 Å². The second-order valence-corrected chi connectivity index (χ2v) is 7.80. The molecule has 0 aliphatic rings. The molecule has 3 aromatic rings. The van der Waals surface area contributed by atoms with Gasteiger partial charge < -0.3 is 9.88 Å². The Morgan fingerprint density at radius 1 is 1.37 bits per heavy atom. The molecule has 0 saturated heterocycles. The maximum atomic E-state index is 12.3. The first-order chi connectivity index (χ1) is 13.1. The van der Waals surface area contributed by atoms with Crippen LogP contribution in [-0.4, -0.2) is 26.4 Å². The van der Waals surface area contributed by atoms with Crippen LogP contribution in [0.5, 0.6) is 0 Å². The summed E-state index contributed by atoms with van der Waals surface area (Å²) >= 11 is 2.69. The maximum Gasteiger partial charge on any atom is 0.235 e. The largest absolute Gasteiger partial charge is 0.316 e. The van der Waals surface area contributed by atoms with Crippen molar-refractivity contribution in [2.45, 2.75) is 32.0 Å². The first-order valence-electron chi connectivity index (χ1n) is 8.53. The predicted octanol–water partition coefficient (Wildman–Crippen LogP) is 4.33.